The Morgan fingerprint density at radius 1 is 1.53 bits per heavy atom. The van der Waals surface area contributed by atoms with Gasteiger partial charge in [0.15, 0.2) is 6.10 Å². The highest BCUT2D eigenvalue weighted by Gasteiger charge is 2.23. The van der Waals surface area contributed by atoms with E-state index < -0.39 is 0 Å². The Morgan fingerprint density at radius 3 is 3.05 bits per heavy atom. The van der Waals surface area contributed by atoms with Crippen LogP contribution < -0.4 is 15.4 Å². The van der Waals surface area contributed by atoms with Gasteiger partial charge in [-0.2, -0.15) is 0 Å². The second kappa shape index (κ2) is 6.43. The van der Waals surface area contributed by atoms with E-state index in [0.717, 1.165) is 30.0 Å². The molecule has 5 nitrogen and oxygen atoms in total. The molecule has 5 heteroatoms. The van der Waals surface area contributed by atoms with E-state index in [4.69, 9.17) is 9.47 Å². The van der Waals surface area contributed by atoms with Gasteiger partial charge in [-0.05, 0) is 19.0 Å². The lowest BCUT2D eigenvalue weighted by Gasteiger charge is -2.16. The lowest BCUT2D eigenvalue weighted by Crippen LogP contribution is -2.23. The minimum atomic E-state index is -0.369. The van der Waals surface area contributed by atoms with E-state index in [9.17, 15) is 4.79 Å². The molecule has 2 N–H and O–H groups in total. The molecule has 1 saturated heterocycles. The van der Waals surface area contributed by atoms with Crippen LogP contribution in [-0.4, -0.2) is 31.9 Å². The number of carbonyl (C=O) groups is 1. The van der Waals surface area contributed by atoms with E-state index >= 15 is 0 Å². The molecule has 0 radical (unpaired) electrons. The molecular weight excluding hydrogens is 244 g/mol. The third-order valence-corrected chi connectivity index (χ3v) is 3.02. The molecule has 104 valence electrons. The fourth-order valence-electron chi connectivity index (χ4n) is 2.02. The Balaban J connectivity index is 1.99. The Kier molecular flexibility index (Phi) is 4.63. The third-order valence-electron chi connectivity index (χ3n) is 3.02. The van der Waals surface area contributed by atoms with Gasteiger partial charge in [-0.25, -0.2) is 4.79 Å². The van der Waals surface area contributed by atoms with Crippen LogP contribution in [0.1, 0.15) is 18.1 Å². The molecule has 1 amide bonds. The molecule has 1 aliphatic heterocycles. The molecule has 1 aromatic carbocycles. The number of cyclic esters (lactones) is 1. The normalized spacial score (nSPS) is 18.0. The molecule has 19 heavy (non-hydrogen) atoms. The molecule has 1 fully saturated rings. The average molecular weight is 264 g/mol. The Bertz CT molecular complexity index is 448. The van der Waals surface area contributed by atoms with E-state index in [2.05, 4.69) is 17.6 Å². The van der Waals surface area contributed by atoms with Crippen LogP contribution in [0.15, 0.2) is 18.2 Å². The second-order valence-corrected chi connectivity index (χ2v) is 4.56. The minimum Gasteiger partial charge on any atom is -0.489 e. The molecule has 1 unspecified atom stereocenters. The van der Waals surface area contributed by atoms with Crippen LogP contribution in [0.4, 0.5) is 4.79 Å². The van der Waals surface area contributed by atoms with Gasteiger partial charge in [0.2, 0.25) is 0 Å². The zero-order chi connectivity index (χ0) is 13.7. The number of carbonyl (C=O) groups excluding carboxylic acids is 1. The molecule has 1 aliphatic rings. The predicted octanol–water partition coefficient (Wildman–Crippen LogP) is 1.59. The first-order valence-electron chi connectivity index (χ1n) is 6.57. The predicted molar refractivity (Wildman–Crippen MR) is 72.3 cm³/mol. The molecule has 0 aliphatic carbocycles. The van der Waals surface area contributed by atoms with Crippen molar-refractivity contribution in [1.29, 1.82) is 0 Å². The van der Waals surface area contributed by atoms with Gasteiger partial charge in [-0.1, -0.05) is 25.1 Å². The fourth-order valence-corrected chi connectivity index (χ4v) is 2.02. The maximum absolute atomic E-state index is 10.9. The van der Waals surface area contributed by atoms with Crippen LogP contribution in [0.3, 0.4) is 0 Å². The zero-order valence-electron chi connectivity index (χ0n) is 11.4. The Labute approximate surface area is 113 Å². The van der Waals surface area contributed by atoms with Crippen molar-refractivity contribution in [3.8, 4) is 5.75 Å². The minimum absolute atomic E-state index is 0.209. The number of rotatable bonds is 6. The van der Waals surface area contributed by atoms with Gasteiger partial charge in [0, 0.05) is 12.1 Å². The highest BCUT2D eigenvalue weighted by molar-refractivity contribution is 5.69. The standard InChI is InChI=1S/C14H20N2O3/c1-3-15-7-11-6-4-5-10(2)13(11)18-9-12-8-16-14(17)19-12/h4-6,12,15H,3,7-9H2,1-2H3,(H,16,17). The monoisotopic (exact) mass is 264 g/mol. The van der Waals surface area contributed by atoms with Crippen molar-refractivity contribution in [1.82, 2.24) is 10.6 Å². The van der Waals surface area contributed by atoms with E-state index in [-0.39, 0.29) is 12.2 Å². The zero-order valence-corrected chi connectivity index (χ0v) is 11.4. The Morgan fingerprint density at radius 2 is 2.37 bits per heavy atom. The number of hydrogen-bond acceptors (Lipinski definition) is 4. The molecular formula is C14H20N2O3. The van der Waals surface area contributed by atoms with Gasteiger partial charge in [-0.3, -0.25) is 0 Å². The van der Waals surface area contributed by atoms with Gasteiger partial charge in [0.25, 0.3) is 0 Å². The smallest absolute Gasteiger partial charge is 0.407 e. The number of benzene rings is 1. The van der Waals surface area contributed by atoms with Crippen LogP contribution in [0, 0.1) is 6.92 Å². The van der Waals surface area contributed by atoms with Gasteiger partial charge in [0.1, 0.15) is 12.4 Å². The van der Waals surface area contributed by atoms with Crippen LogP contribution in [0.25, 0.3) is 0 Å². The van der Waals surface area contributed by atoms with Gasteiger partial charge in [0.05, 0.1) is 6.54 Å². The van der Waals surface area contributed by atoms with Crippen molar-refractivity contribution < 1.29 is 14.3 Å². The summed E-state index contributed by atoms with van der Waals surface area (Å²) in [7, 11) is 0. The largest absolute Gasteiger partial charge is 0.489 e. The first kappa shape index (κ1) is 13.7. The number of alkyl carbamates (subject to hydrolysis) is 1. The molecule has 1 atom stereocenters. The van der Waals surface area contributed by atoms with E-state index in [1.54, 1.807) is 0 Å². The van der Waals surface area contributed by atoms with Crippen LogP contribution >= 0.6 is 0 Å². The van der Waals surface area contributed by atoms with Crippen molar-refractivity contribution in [3.05, 3.63) is 29.3 Å². The van der Waals surface area contributed by atoms with Gasteiger partial charge < -0.3 is 20.1 Å². The molecule has 1 heterocycles. The van der Waals surface area contributed by atoms with Crippen molar-refractivity contribution in [2.75, 3.05) is 19.7 Å². The second-order valence-electron chi connectivity index (χ2n) is 4.56. The summed E-state index contributed by atoms with van der Waals surface area (Å²) in [6.45, 7) is 6.66. The summed E-state index contributed by atoms with van der Waals surface area (Å²) >= 11 is 0. The maximum Gasteiger partial charge on any atom is 0.407 e. The molecule has 0 aromatic heterocycles. The van der Waals surface area contributed by atoms with E-state index in [0.29, 0.717) is 13.2 Å². The molecule has 1 aromatic rings. The highest BCUT2D eigenvalue weighted by Crippen LogP contribution is 2.23. The van der Waals surface area contributed by atoms with Crippen LogP contribution in [-0.2, 0) is 11.3 Å². The van der Waals surface area contributed by atoms with Crippen molar-refractivity contribution >= 4 is 6.09 Å². The summed E-state index contributed by atoms with van der Waals surface area (Å²) in [5.41, 5.74) is 2.21. The number of aryl methyl sites for hydroxylation is 1. The fraction of sp³-hybridized carbons (Fsp3) is 0.500. The van der Waals surface area contributed by atoms with E-state index in [1.165, 1.54) is 0 Å². The van der Waals surface area contributed by atoms with Crippen molar-refractivity contribution in [2.24, 2.45) is 0 Å². The number of amides is 1. The number of para-hydroxylation sites is 1. The average Bonchev–Trinajstić information content (AvgIpc) is 2.81. The molecule has 0 bridgehead atoms. The summed E-state index contributed by atoms with van der Waals surface area (Å²) in [5.74, 6) is 0.881. The summed E-state index contributed by atoms with van der Waals surface area (Å²) in [6, 6.07) is 6.08. The number of hydrogen-bond donors (Lipinski definition) is 2. The number of ether oxygens (including phenoxy) is 2. The van der Waals surface area contributed by atoms with E-state index in [1.807, 2.05) is 25.1 Å². The summed E-state index contributed by atoms with van der Waals surface area (Å²) < 4.78 is 10.9. The Hall–Kier alpha value is -1.75. The van der Waals surface area contributed by atoms with Crippen LogP contribution in [0.5, 0.6) is 5.75 Å². The lowest BCUT2D eigenvalue weighted by atomic mass is 10.1. The quantitative estimate of drug-likeness (QED) is 0.819. The third kappa shape index (κ3) is 3.61. The molecule has 0 spiro atoms. The summed E-state index contributed by atoms with van der Waals surface area (Å²) in [6.07, 6.45) is -0.578. The summed E-state index contributed by atoms with van der Waals surface area (Å²) in [4.78, 5) is 10.9. The first-order chi connectivity index (χ1) is 9.20. The maximum atomic E-state index is 10.9. The number of nitrogens with one attached hydrogen (secondary N) is 2. The first-order valence-corrected chi connectivity index (χ1v) is 6.57. The summed E-state index contributed by atoms with van der Waals surface area (Å²) in [5, 5.41) is 5.91. The highest BCUT2D eigenvalue weighted by atomic mass is 16.6. The van der Waals surface area contributed by atoms with Crippen molar-refractivity contribution in [3.63, 3.8) is 0 Å². The van der Waals surface area contributed by atoms with Gasteiger partial charge >= 0.3 is 6.09 Å². The van der Waals surface area contributed by atoms with Crippen LogP contribution in [0.2, 0.25) is 0 Å². The molecule has 0 saturated carbocycles. The molecule has 2 rings (SSSR count). The van der Waals surface area contributed by atoms with Gasteiger partial charge in [-0.15, -0.1) is 0 Å². The SMILES string of the molecule is CCNCc1cccc(C)c1OCC1CNC(=O)O1. The topological polar surface area (TPSA) is 59.6 Å². The van der Waals surface area contributed by atoms with Crippen molar-refractivity contribution in [2.45, 2.75) is 26.5 Å². The lowest BCUT2D eigenvalue weighted by molar-refractivity contribution is 0.104.